The predicted molar refractivity (Wildman–Crippen MR) is 79.7 cm³/mol. The van der Waals surface area contributed by atoms with E-state index in [2.05, 4.69) is 5.10 Å². The van der Waals surface area contributed by atoms with E-state index in [9.17, 15) is 9.18 Å². The molecule has 0 unspecified atom stereocenters. The summed E-state index contributed by atoms with van der Waals surface area (Å²) in [6, 6.07) is 14.9. The molecular weight excluding hydrogens is 283 g/mol. The SMILES string of the molecule is Cc1ccccc1OC(=O)c1ccn(-c2ccccc2F)n1. The van der Waals surface area contributed by atoms with Crippen LogP contribution >= 0.6 is 0 Å². The normalized spacial score (nSPS) is 10.5. The minimum absolute atomic E-state index is 0.117. The maximum Gasteiger partial charge on any atom is 0.364 e. The second-order valence-corrected chi connectivity index (χ2v) is 4.75. The van der Waals surface area contributed by atoms with E-state index in [4.69, 9.17) is 4.74 Å². The van der Waals surface area contributed by atoms with Crippen molar-refractivity contribution >= 4 is 5.97 Å². The van der Waals surface area contributed by atoms with Crippen molar-refractivity contribution in [3.05, 3.63) is 77.9 Å². The van der Waals surface area contributed by atoms with Crippen LogP contribution in [0.3, 0.4) is 0 Å². The second-order valence-electron chi connectivity index (χ2n) is 4.75. The Hall–Kier alpha value is -2.95. The molecule has 0 aliphatic carbocycles. The van der Waals surface area contributed by atoms with Crippen molar-refractivity contribution in [1.82, 2.24) is 9.78 Å². The van der Waals surface area contributed by atoms with Gasteiger partial charge in [-0.3, -0.25) is 0 Å². The Morgan fingerprint density at radius 1 is 1.09 bits per heavy atom. The fraction of sp³-hybridized carbons (Fsp3) is 0.0588. The van der Waals surface area contributed by atoms with E-state index < -0.39 is 11.8 Å². The third kappa shape index (κ3) is 2.74. The number of carbonyl (C=O) groups is 1. The Morgan fingerprint density at radius 2 is 1.82 bits per heavy atom. The number of hydrogen-bond acceptors (Lipinski definition) is 3. The van der Waals surface area contributed by atoms with Crippen molar-refractivity contribution in [2.24, 2.45) is 0 Å². The molecule has 0 radical (unpaired) electrons. The Morgan fingerprint density at radius 3 is 2.59 bits per heavy atom. The van der Waals surface area contributed by atoms with Crippen molar-refractivity contribution in [3.63, 3.8) is 0 Å². The summed E-state index contributed by atoms with van der Waals surface area (Å²) in [5.74, 6) is -0.512. The topological polar surface area (TPSA) is 44.1 Å². The van der Waals surface area contributed by atoms with Crippen molar-refractivity contribution in [2.45, 2.75) is 6.92 Å². The molecule has 1 aromatic heterocycles. The van der Waals surface area contributed by atoms with Crippen molar-refractivity contribution in [3.8, 4) is 11.4 Å². The molecule has 4 nitrogen and oxygen atoms in total. The summed E-state index contributed by atoms with van der Waals surface area (Å²) in [7, 11) is 0. The van der Waals surface area contributed by atoms with Crippen LogP contribution in [0.25, 0.3) is 5.69 Å². The van der Waals surface area contributed by atoms with E-state index in [1.807, 2.05) is 19.1 Å². The van der Waals surface area contributed by atoms with Gasteiger partial charge in [-0.15, -0.1) is 0 Å². The number of esters is 1. The number of ether oxygens (including phenoxy) is 1. The van der Waals surface area contributed by atoms with Crippen LogP contribution in [0.4, 0.5) is 4.39 Å². The number of aryl methyl sites for hydroxylation is 1. The Bertz CT molecular complexity index is 827. The molecule has 5 heteroatoms. The molecule has 0 saturated carbocycles. The summed E-state index contributed by atoms with van der Waals surface area (Å²) in [5, 5.41) is 4.07. The maximum absolute atomic E-state index is 13.7. The van der Waals surface area contributed by atoms with Gasteiger partial charge in [0.05, 0.1) is 0 Å². The summed E-state index contributed by atoms with van der Waals surface area (Å²) in [6.07, 6.45) is 1.52. The molecule has 0 atom stereocenters. The van der Waals surface area contributed by atoms with Crippen molar-refractivity contribution < 1.29 is 13.9 Å². The van der Waals surface area contributed by atoms with E-state index in [1.165, 1.54) is 23.0 Å². The zero-order valence-electron chi connectivity index (χ0n) is 11.9. The lowest BCUT2D eigenvalue weighted by molar-refractivity contribution is 0.0727. The second kappa shape index (κ2) is 5.81. The molecule has 0 saturated heterocycles. The van der Waals surface area contributed by atoms with Gasteiger partial charge in [0, 0.05) is 6.20 Å². The van der Waals surface area contributed by atoms with Crippen LogP contribution in [-0.4, -0.2) is 15.7 Å². The minimum Gasteiger partial charge on any atom is -0.421 e. The molecule has 0 N–H and O–H groups in total. The van der Waals surface area contributed by atoms with Gasteiger partial charge in [-0.05, 0) is 36.8 Å². The first-order valence-electron chi connectivity index (χ1n) is 6.73. The van der Waals surface area contributed by atoms with Crippen LogP contribution in [0.5, 0.6) is 5.75 Å². The maximum atomic E-state index is 13.7. The third-order valence-corrected chi connectivity index (χ3v) is 3.19. The summed E-state index contributed by atoms with van der Waals surface area (Å²) in [5.41, 5.74) is 1.24. The van der Waals surface area contributed by atoms with Gasteiger partial charge in [0.25, 0.3) is 0 Å². The number of aromatic nitrogens is 2. The Balaban J connectivity index is 1.84. The number of hydrogen-bond donors (Lipinski definition) is 0. The molecule has 0 aliphatic rings. The summed E-state index contributed by atoms with van der Waals surface area (Å²) >= 11 is 0. The Labute approximate surface area is 126 Å². The third-order valence-electron chi connectivity index (χ3n) is 3.19. The van der Waals surface area contributed by atoms with E-state index in [0.29, 0.717) is 5.75 Å². The molecule has 0 fully saturated rings. The number of benzene rings is 2. The van der Waals surface area contributed by atoms with Crippen LogP contribution in [0.15, 0.2) is 60.8 Å². The van der Waals surface area contributed by atoms with Gasteiger partial charge in [0.15, 0.2) is 5.69 Å². The largest absolute Gasteiger partial charge is 0.421 e. The van der Waals surface area contributed by atoms with Gasteiger partial charge in [-0.1, -0.05) is 30.3 Å². The van der Waals surface area contributed by atoms with Crippen LogP contribution in [0.1, 0.15) is 16.1 Å². The highest BCUT2D eigenvalue weighted by Crippen LogP contribution is 2.18. The van der Waals surface area contributed by atoms with Crippen LogP contribution in [0.2, 0.25) is 0 Å². The lowest BCUT2D eigenvalue weighted by atomic mass is 10.2. The van der Waals surface area contributed by atoms with Crippen LogP contribution in [-0.2, 0) is 0 Å². The summed E-state index contributed by atoms with van der Waals surface area (Å²) in [6.45, 7) is 1.85. The number of nitrogens with zero attached hydrogens (tertiary/aromatic N) is 2. The monoisotopic (exact) mass is 296 g/mol. The minimum atomic E-state index is -0.579. The number of carbonyl (C=O) groups excluding carboxylic acids is 1. The van der Waals surface area contributed by atoms with Crippen LogP contribution in [0, 0.1) is 12.7 Å². The van der Waals surface area contributed by atoms with E-state index >= 15 is 0 Å². The van der Waals surface area contributed by atoms with E-state index in [-0.39, 0.29) is 11.4 Å². The predicted octanol–water partition coefficient (Wildman–Crippen LogP) is 3.54. The summed E-state index contributed by atoms with van der Waals surface area (Å²) in [4.78, 5) is 12.1. The Kier molecular flexibility index (Phi) is 3.70. The van der Waals surface area contributed by atoms with Gasteiger partial charge in [0.2, 0.25) is 0 Å². The molecule has 110 valence electrons. The van der Waals surface area contributed by atoms with Crippen molar-refractivity contribution in [2.75, 3.05) is 0 Å². The zero-order valence-corrected chi connectivity index (χ0v) is 11.9. The number of para-hydroxylation sites is 2. The molecule has 0 bridgehead atoms. The van der Waals surface area contributed by atoms with Gasteiger partial charge in [0.1, 0.15) is 17.3 Å². The standard InChI is InChI=1S/C17H13FN2O2/c1-12-6-2-5-9-16(12)22-17(21)14-10-11-20(19-14)15-8-4-3-7-13(15)18/h2-11H,1H3. The lowest BCUT2D eigenvalue weighted by Crippen LogP contribution is -2.11. The highest BCUT2D eigenvalue weighted by atomic mass is 19.1. The first-order valence-corrected chi connectivity index (χ1v) is 6.73. The van der Waals surface area contributed by atoms with Gasteiger partial charge >= 0.3 is 5.97 Å². The van der Waals surface area contributed by atoms with Crippen LogP contribution < -0.4 is 4.74 Å². The first-order chi connectivity index (χ1) is 10.6. The average molecular weight is 296 g/mol. The van der Waals surface area contributed by atoms with Gasteiger partial charge in [-0.2, -0.15) is 5.10 Å². The van der Waals surface area contributed by atoms with Crippen molar-refractivity contribution in [1.29, 1.82) is 0 Å². The number of rotatable bonds is 3. The molecule has 0 aliphatic heterocycles. The molecule has 1 heterocycles. The summed E-state index contributed by atoms with van der Waals surface area (Å²) < 4.78 is 20.3. The molecule has 2 aromatic carbocycles. The molecule has 0 amide bonds. The fourth-order valence-corrected chi connectivity index (χ4v) is 2.03. The van der Waals surface area contributed by atoms with Gasteiger partial charge in [-0.25, -0.2) is 13.9 Å². The molecule has 3 aromatic rings. The van der Waals surface area contributed by atoms with E-state index in [1.54, 1.807) is 30.3 Å². The molecule has 3 rings (SSSR count). The first kappa shape index (κ1) is 14.0. The molecular formula is C17H13FN2O2. The molecule has 22 heavy (non-hydrogen) atoms. The lowest BCUT2D eigenvalue weighted by Gasteiger charge is -2.05. The smallest absolute Gasteiger partial charge is 0.364 e. The molecule has 0 spiro atoms. The zero-order chi connectivity index (χ0) is 15.5. The van der Waals surface area contributed by atoms with E-state index in [0.717, 1.165) is 5.56 Å². The highest BCUT2D eigenvalue weighted by molar-refractivity contribution is 5.89. The fourth-order valence-electron chi connectivity index (χ4n) is 2.03. The van der Waals surface area contributed by atoms with Gasteiger partial charge < -0.3 is 4.74 Å². The highest BCUT2D eigenvalue weighted by Gasteiger charge is 2.14. The quantitative estimate of drug-likeness (QED) is 0.548. The number of halogens is 1. The average Bonchev–Trinajstić information content (AvgIpc) is 3.00.